The Bertz CT molecular complexity index is 681. The third kappa shape index (κ3) is 2.49. The molecule has 1 aromatic carbocycles. The zero-order valence-corrected chi connectivity index (χ0v) is 12.4. The molecule has 0 fully saturated rings. The van der Waals surface area contributed by atoms with Crippen molar-refractivity contribution >= 4 is 17.3 Å². The van der Waals surface area contributed by atoms with Gasteiger partial charge in [-0.25, -0.2) is 0 Å². The van der Waals surface area contributed by atoms with Gasteiger partial charge in [0.1, 0.15) is 0 Å². The van der Waals surface area contributed by atoms with E-state index >= 15 is 0 Å². The molecule has 108 valence electrons. The molecule has 4 heteroatoms. The number of para-hydroxylation sites is 1. The van der Waals surface area contributed by atoms with Crippen molar-refractivity contribution in [3.8, 4) is 0 Å². The van der Waals surface area contributed by atoms with Gasteiger partial charge in [0.25, 0.3) is 5.91 Å². The number of aromatic nitrogens is 1. The second-order valence-corrected chi connectivity index (χ2v) is 5.31. The molecule has 1 amide bonds. The molecule has 0 saturated carbocycles. The second-order valence-electron chi connectivity index (χ2n) is 5.31. The predicted molar refractivity (Wildman–Crippen MR) is 85.0 cm³/mol. The van der Waals surface area contributed by atoms with Crippen LogP contribution in [0.15, 0.2) is 36.5 Å². The lowest BCUT2D eigenvalue weighted by Crippen LogP contribution is -2.35. The Morgan fingerprint density at radius 1 is 1.33 bits per heavy atom. The molecule has 3 rings (SSSR count). The van der Waals surface area contributed by atoms with Crippen LogP contribution in [0.3, 0.4) is 0 Å². The Balaban J connectivity index is 2.00. The van der Waals surface area contributed by atoms with Gasteiger partial charge in [0, 0.05) is 31.2 Å². The van der Waals surface area contributed by atoms with Crippen LogP contribution < -0.4 is 10.2 Å². The molecule has 0 bridgehead atoms. The number of fused-ring (bicyclic) bond motifs is 1. The van der Waals surface area contributed by atoms with E-state index in [0.717, 1.165) is 36.5 Å². The first-order valence-corrected chi connectivity index (χ1v) is 7.25. The first kappa shape index (κ1) is 13.6. The molecular formula is C17H19N3O. The molecule has 1 N–H and O–H groups in total. The van der Waals surface area contributed by atoms with Gasteiger partial charge in [-0.15, -0.1) is 0 Å². The minimum absolute atomic E-state index is 0.0130. The maximum atomic E-state index is 12.9. The summed E-state index contributed by atoms with van der Waals surface area (Å²) >= 11 is 0. The maximum absolute atomic E-state index is 12.9. The standard InChI is InChI=1S/C17H19N3O/c1-12-10-15(18-2)14(11-19-12)17(21)20-9-5-7-13-6-3-4-8-16(13)20/h3-4,6,8,10-11H,5,7,9H2,1-2H3,(H,18,19). The number of carbonyl (C=O) groups is 1. The Hall–Kier alpha value is -2.36. The highest BCUT2D eigenvalue weighted by atomic mass is 16.2. The van der Waals surface area contributed by atoms with E-state index in [1.165, 1.54) is 5.56 Å². The fourth-order valence-electron chi connectivity index (χ4n) is 2.83. The van der Waals surface area contributed by atoms with Crippen LogP contribution in [0.4, 0.5) is 11.4 Å². The number of amides is 1. The first-order valence-electron chi connectivity index (χ1n) is 7.25. The van der Waals surface area contributed by atoms with Crippen LogP contribution in [-0.2, 0) is 6.42 Å². The van der Waals surface area contributed by atoms with E-state index in [0.29, 0.717) is 5.56 Å². The van der Waals surface area contributed by atoms with Gasteiger partial charge in [-0.1, -0.05) is 18.2 Å². The quantitative estimate of drug-likeness (QED) is 0.920. The largest absolute Gasteiger partial charge is 0.387 e. The van der Waals surface area contributed by atoms with Gasteiger partial charge in [-0.2, -0.15) is 0 Å². The molecule has 2 aromatic rings. The smallest absolute Gasteiger partial charge is 0.261 e. The number of carbonyl (C=O) groups excluding carboxylic acids is 1. The summed E-state index contributed by atoms with van der Waals surface area (Å²) in [5.41, 5.74) is 4.62. The highest BCUT2D eigenvalue weighted by Gasteiger charge is 2.25. The van der Waals surface area contributed by atoms with Crippen LogP contribution in [-0.4, -0.2) is 24.5 Å². The third-order valence-corrected chi connectivity index (χ3v) is 3.90. The number of nitrogens with one attached hydrogen (secondary N) is 1. The molecule has 0 aliphatic carbocycles. The van der Waals surface area contributed by atoms with Gasteiger partial charge >= 0.3 is 0 Å². The number of benzene rings is 1. The van der Waals surface area contributed by atoms with Crippen molar-refractivity contribution in [3.63, 3.8) is 0 Å². The monoisotopic (exact) mass is 281 g/mol. The van der Waals surface area contributed by atoms with Crippen LogP contribution >= 0.6 is 0 Å². The summed E-state index contributed by atoms with van der Waals surface area (Å²) in [6, 6.07) is 10.0. The molecule has 1 aliphatic rings. The van der Waals surface area contributed by atoms with Crippen molar-refractivity contribution in [1.82, 2.24) is 4.98 Å². The number of anilines is 2. The van der Waals surface area contributed by atoms with Crippen molar-refractivity contribution in [2.75, 3.05) is 23.8 Å². The summed E-state index contributed by atoms with van der Waals surface area (Å²) in [5, 5.41) is 3.09. The lowest BCUT2D eigenvalue weighted by molar-refractivity contribution is 0.0985. The van der Waals surface area contributed by atoms with Crippen LogP contribution in [0.2, 0.25) is 0 Å². The van der Waals surface area contributed by atoms with E-state index in [1.807, 2.05) is 43.1 Å². The molecule has 0 radical (unpaired) electrons. The molecule has 0 spiro atoms. The van der Waals surface area contributed by atoms with E-state index < -0.39 is 0 Å². The number of hydrogen-bond acceptors (Lipinski definition) is 3. The summed E-state index contributed by atoms with van der Waals surface area (Å²) in [6.07, 6.45) is 3.70. The normalized spacial score (nSPS) is 13.7. The van der Waals surface area contributed by atoms with E-state index in [4.69, 9.17) is 0 Å². The van der Waals surface area contributed by atoms with Crippen molar-refractivity contribution in [1.29, 1.82) is 0 Å². The van der Waals surface area contributed by atoms with E-state index in [-0.39, 0.29) is 5.91 Å². The van der Waals surface area contributed by atoms with Crippen molar-refractivity contribution in [2.45, 2.75) is 19.8 Å². The summed E-state index contributed by atoms with van der Waals surface area (Å²) in [7, 11) is 1.83. The van der Waals surface area contributed by atoms with Crippen LogP contribution in [0.5, 0.6) is 0 Å². The zero-order chi connectivity index (χ0) is 14.8. The number of rotatable bonds is 2. The minimum atomic E-state index is 0.0130. The zero-order valence-electron chi connectivity index (χ0n) is 12.4. The SMILES string of the molecule is CNc1cc(C)ncc1C(=O)N1CCCc2ccccc21. The molecule has 1 aromatic heterocycles. The van der Waals surface area contributed by atoms with Crippen molar-refractivity contribution in [2.24, 2.45) is 0 Å². The minimum Gasteiger partial charge on any atom is -0.387 e. The highest BCUT2D eigenvalue weighted by Crippen LogP contribution is 2.29. The molecule has 0 atom stereocenters. The van der Waals surface area contributed by atoms with Crippen LogP contribution in [0.25, 0.3) is 0 Å². The molecular weight excluding hydrogens is 262 g/mol. The first-order chi connectivity index (χ1) is 10.2. The second kappa shape index (κ2) is 5.56. The predicted octanol–water partition coefficient (Wildman–Crippen LogP) is 3.02. The number of nitrogens with zero attached hydrogens (tertiary/aromatic N) is 2. The maximum Gasteiger partial charge on any atom is 0.261 e. The summed E-state index contributed by atoms with van der Waals surface area (Å²) in [4.78, 5) is 19.0. The van der Waals surface area contributed by atoms with Crippen LogP contribution in [0, 0.1) is 6.92 Å². The highest BCUT2D eigenvalue weighted by molar-refractivity contribution is 6.10. The van der Waals surface area contributed by atoms with Crippen LogP contribution in [0.1, 0.15) is 28.0 Å². The molecule has 2 heterocycles. The molecule has 4 nitrogen and oxygen atoms in total. The van der Waals surface area contributed by atoms with Gasteiger partial charge in [0.2, 0.25) is 0 Å². The molecule has 0 unspecified atom stereocenters. The van der Waals surface area contributed by atoms with Gasteiger partial charge in [0.05, 0.1) is 11.3 Å². The fraction of sp³-hybridized carbons (Fsp3) is 0.294. The van der Waals surface area contributed by atoms with E-state index in [1.54, 1.807) is 6.20 Å². The van der Waals surface area contributed by atoms with Crippen molar-refractivity contribution in [3.05, 3.63) is 53.3 Å². The van der Waals surface area contributed by atoms with Gasteiger partial charge in [-0.05, 0) is 37.5 Å². The number of aryl methyl sites for hydroxylation is 2. The van der Waals surface area contributed by atoms with Gasteiger partial charge in [-0.3, -0.25) is 9.78 Å². The Morgan fingerprint density at radius 3 is 2.95 bits per heavy atom. The number of pyridine rings is 1. The van der Waals surface area contributed by atoms with Gasteiger partial charge in [0.15, 0.2) is 0 Å². The average Bonchev–Trinajstić information content (AvgIpc) is 2.53. The Morgan fingerprint density at radius 2 is 2.14 bits per heavy atom. The van der Waals surface area contributed by atoms with Crippen molar-refractivity contribution < 1.29 is 4.79 Å². The molecule has 1 aliphatic heterocycles. The summed E-state index contributed by atoms with van der Waals surface area (Å²) in [5.74, 6) is 0.0130. The lowest BCUT2D eigenvalue weighted by atomic mass is 10.0. The molecule has 0 saturated heterocycles. The van der Waals surface area contributed by atoms with E-state index in [9.17, 15) is 4.79 Å². The summed E-state index contributed by atoms with van der Waals surface area (Å²) in [6.45, 7) is 2.68. The average molecular weight is 281 g/mol. The third-order valence-electron chi connectivity index (χ3n) is 3.90. The topological polar surface area (TPSA) is 45.2 Å². The van der Waals surface area contributed by atoms with E-state index in [2.05, 4.69) is 16.4 Å². The fourth-order valence-corrected chi connectivity index (χ4v) is 2.83. The lowest BCUT2D eigenvalue weighted by Gasteiger charge is -2.30. The number of hydrogen-bond donors (Lipinski definition) is 1. The van der Waals surface area contributed by atoms with Gasteiger partial charge < -0.3 is 10.2 Å². The molecule has 21 heavy (non-hydrogen) atoms. The summed E-state index contributed by atoms with van der Waals surface area (Å²) < 4.78 is 0. The Kier molecular flexibility index (Phi) is 3.60. The Labute approximate surface area is 124 Å².